The van der Waals surface area contributed by atoms with Crippen LogP contribution in [-0.2, 0) is 14.2 Å². The van der Waals surface area contributed by atoms with Crippen LogP contribution in [0, 0.1) is 17.8 Å². The van der Waals surface area contributed by atoms with Gasteiger partial charge >= 0.3 is 132 Å². The Balaban J connectivity index is 4.33. The van der Waals surface area contributed by atoms with E-state index in [-0.39, 0.29) is 4.12 Å². The van der Waals surface area contributed by atoms with Gasteiger partial charge in [0.15, 0.2) is 0 Å². The van der Waals surface area contributed by atoms with E-state index in [1.54, 1.807) is 0 Å². The normalized spacial score (nSPS) is 12.9. The van der Waals surface area contributed by atoms with Crippen molar-refractivity contribution < 1.29 is 14.2 Å². The molecule has 3 radical (unpaired) electrons. The van der Waals surface area contributed by atoms with Gasteiger partial charge < -0.3 is 0 Å². The Morgan fingerprint density at radius 1 is 0.842 bits per heavy atom. The van der Waals surface area contributed by atoms with Crippen molar-refractivity contribution >= 4 is 22.5 Å². The molecule has 0 N–H and O–H groups in total. The molecule has 0 spiro atoms. The molecule has 0 aliphatic rings. The van der Waals surface area contributed by atoms with Gasteiger partial charge in [-0.25, -0.2) is 0 Å². The van der Waals surface area contributed by atoms with Gasteiger partial charge in [0, 0.05) is 0 Å². The Morgan fingerprint density at radius 3 is 1.63 bits per heavy atom. The predicted molar refractivity (Wildman–Crippen MR) is 80.0 cm³/mol. The molecule has 0 aromatic rings. The first kappa shape index (κ1) is 19.1. The molecule has 111 valence electrons. The number of hydrogen-bond donors (Lipinski definition) is 0. The van der Waals surface area contributed by atoms with Gasteiger partial charge in [0.2, 0.25) is 0 Å². The van der Waals surface area contributed by atoms with Crippen LogP contribution >= 0.6 is 0 Å². The molecule has 4 heteroatoms. The first-order valence-corrected chi connectivity index (χ1v) is 8.76. The number of rotatable bonds is 10. The summed E-state index contributed by atoms with van der Waals surface area (Å²) < 4.78 is 17.3. The van der Waals surface area contributed by atoms with Crippen LogP contribution in [0.1, 0.15) is 41.5 Å². The molecule has 0 saturated heterocycles. The van der Waals surface area contributed by atoms with Gasteiger partial charge in [-0.05, 0) is 0 Å². The molecule has 19 heavy (non-hydrogen) atoms. The second kappa shape index (κ2) is 10.8. The van der Waals surface area contributed by atoms with Crippen molar-refractivity contribution in [3.05, 3.63) is 12.0 Å². The van der Waals surface area contributed by atoms with E-state index in [1.165, 1.54) is 22.5 Å². The zero-order chi connectivity index (χ0) is 14.8. The molecule has 0 amide bonds. The fourth-order valence-electron chi connectivity index (χ4n) is 1.10. The average Bonchev–Trinajstić information content (AvgIpc) is 2.29. The van der Waals surface area contributed by atoms with Crippen LogP contribution in [0.2, 0.25) is 0 Å². The van der Waals surface area contributed by atoms with Crippen molar-refractivity contribution in [2.45, 2.75) is 45.7 Å². The van der Waals surface area contributed by atoms with Gasteiger partial charge in [-0.3, -0.25) is 0 Å². The zero-order valence-corrected chi connectivity index (χ0v) is 16.1. The Hall–Kier alpha value is 0.0987. The van der Waals surface area contributed by atoms with E-state index in [2.05, 4.69) is 41.5 Å². The van der Waals surface area contributed by atoms with E-state index in [1.807, 2.05) is 6.08 Å². The topological polar surface area (TPSA) is 27.7 Å². The SMILES string of the molecule is CC(C)COC(=C[CH]([Sn])OCC(C)C)OCC(C)C. The number of ether oxygens (including phenoxy) is 3. The molecule has 1 atom stereocenters. The Bertz CT molecular complexity index is 236. The molecule has 0 saturated carbocycles. The molecule has 0 aliphatic heterocycles. The summed E-state index contributed by atoms with van der Waals surface area (Å²) in [5.74, 6) is 2.15. The molecule has 0 aromatic carbocycles. The van der Waals surface area contributed by atoms with Crippen LogP contribution in [0.3, 0.4) is 0 Å². The summed E-state index contributed by atoms with van der Waals surface area (Å²) in [5.41, 5.74) is 0. The summed E-state index contributed by atoms with van der Waals surface area (Å²) in [4.78, 5) is 0. The van der Waals surface area contributed by atoms with Crippen molar-refractivity contribution in [2.75, 3.05) is 19.8 Å². The molecule has 0 aliphatic carbocycles. The minimum atomic E-state index is 0.101. The van der Waals surface area contributed by atoms with Gasteiger partial charge in [-0.1, -0.05) is 0 Å². The van der Waals surface area contributed by atoms with Crippen LogP contribution in [0.15, 0.2) is 12.0 Å². The molecule has 0 heterocycles. The van der Waals surface area contributed by atoms with E-state index in [4.69, 9.17) is 14.2 Å². The summed E-state index contributed by atoms with van der Waals surface area (Å²) in [5, 5.41) is 0. The first-order valence-electron chi connectivity index (χ1n) is 7.11. The summed E-state index contributed by atoms with van der Waals surface area (Å²) in [6.07, 6.45) is 1.96. The van der Waals surface area contributed by atoms with Crippen molar-refractivity contribution in [1.29, 1.82) is 0 Å². The van der Waals surface area contributed by atoms with Crippen molar-refractivity contribution in [3.8, 4) is 0 Å². The predicted octanol–water partition coefficient (Wildman–Crippen LogP) is 3.34. The van der Waals surface area contributed by atoms with E-state index in [0.717, 1.165) is 6.61 Å². The standard InChI is InChI=1S/C15H29O3.Sn/c1-12(2)9-16-8-7-15(17-10-13(3)4)18-11-14(5)6;/h7-8,12-14H,9-11H2,1-6H3;. The Labute approximate surface area is 132 Å². The zero-order valence-electron chi connectivity index (χ0n) is 13.2. The molecule has 0 aromatic heterocycles. The van der Waals surface area contributed by atoms with Crippen LogP contribution in [0.4, 0.5) is 0 Å². The van der Waals surface area contributed by atoms with Gasteiger partial charge in [-0.15, -0.1) is 0 Å². The third-order valence-corrected chi connectivity index (χ3v) is 2.97. The maximum absolute atomic E-state index is 5.75. The Morgan fingerprint density at radius 2 is 1.26 bits per heavy atom. The third kappa shape index (κ3) is 12.9. The number of hydrogen-bond acceptors (Lipinski definition) is 3. The van der Waals surface area contributed by atoms with Gasteiger partial charge in [-0.2, -0.15) is 0 Å². The summed E-state index contributed by atoms with van der Waals surface area (Å²) in [6.45, 7) is 14.9. The molecule has 1 unspecified atom stereocenters. The average molecular weight is 376 g/mol. The summed E-state index contributed by atoms with van der Waals surface area (Å²) >= 11 is 1.32. The second-order valence-electron chi connectivity index (χ2n) is 6.04. The van der Waals surface area contributed by atoms with Crippen LogP contribution in [0.25, 0.3) is 0 Å². The third-order valence-electron chi connectivity index (χ3n) is 2.01. The fraction of sp³-hybridized carbons (Fsp3) is 0.867. The Kier molecular flexibility index (Phi) is 10.9. The van der Waals surface area contributed by atoms with Gasteiger partial charge in [0.1, 0.15) is 0 Å². The fourth-order valence-corrected chi connectivity index (χ4v) is 1.77. The molecular formula is C15H29O3Sn. The van der Waals surface area contributed by atoms with E-state index in [0.29, 0.717) is 36.9 Å². The minimum absolute atomic E-state index is 0.101. The van der Waals surface area contributed by atoms with Crippen LogP contribution in [0.5, 0.6) is 0 Å². The van der Waals surface area contributed by atoms with Crippen molar-refractivity contribution in [2.24, 2.45) is 17.8 Å². The molecular weight excluding hydrogens is 347 g/mol. The molecule has 0 rings (SSSR count). The summed E-state index contributed by atoms with van der Waals surface area (Å²) in [6, 6.07) is 0. The van der Waals surface area contributed by atoms with Crippen LogP contribution in [-0.4, -0.2) is 46.5 Å². The quantitative estimate of drug-likeness (QED) is 0.433. The van der Waals surface area contributed by atoms with E-state index < -0.39 is 0 Å². The van der Waals surface area contributed by atoms with E-state index >= 15 is 0 Å². The first-order chi connectivity index (χ1) is 8.81. The molecule has 0 bridgehead atoms. The monoisotopic (exact) mass is 377 g/mol. The van der Waals surface area contributed by atoms with Crippen molar-refractivity contribution in [3.63, 3.8) is 0 Å². The van der Waals surface area contributed by atoms with E-state index in [9.17, 15) is 0 Å². The van der Waals surface area contributed by atoms with Crippen molar-refractivity contribution in [1.82, 2.24) is 0 Å². The van der Waals surface area contributed by atoms with Gasteiger partial charge in [0.25, 0.3) is 0 Å². The summed E-state index contributed by atoms with van der Waals surface area (Å²) in [7, 11) is 0. The maximum atomic E-state index is 5.75. The molecule has 0 fully saturated rings. The second-order valence-corrected chi connectivity index (χ2v) is 7.67. The van der Waals surface area contributed by atoms with Crippen LogP contribution < -0.4 is 0 Å². The van der Waals surface area contributed by atoms with Gasteiger partial charge in [0.05, 0.1) is 0 Å². The molecule has 3 nitrogen and oxygen atoms in total.